The first-order valence-corrected chi connectivity index (χ1v) is 5.52. The van der Waals surface area contributed by atoms with Crippen molar-refractivity contribution in [3.05, 3.63) is 0 Å². The third-order valence-corrected chi connectivity index (χ3v) is 3.20. The summed E-state index contributed by atoms with van der Waals surface area (Å²) in [7, 11) is 0. The molecule has 70 valence electrons. The van der Waals surface area contributed by atoms with E-state index in [4.69, 9.17) is 5.73 Å². The number of carbonyl (C=O) groups excluding carboxylic acids is 1. The number of hydrogen-bond acceptors (Lipinski definition) is 3. The topological polar surface area (TPSA) is 55.1 Å². The molecule has 1 saturated heterocycles. The Bertz CT molecular complexity index is 163. The fourth-order valence-electron chi connectivity index (χ4n) is 1.21. The third kappa shape index (κ3) is 2.68. The summed E-state index contributed by atoms with van der Waals surface area (Å²) < 4.78 is 0. The molecule has 2 unspecified atom stereocenters. The maximum Gasteiger partial charge on any atom is 0.220 e. The van der Waals surface area contributed by atoms with Gasteiger partial charge in [-0.25, -0.2) is 0 Å². The Morgan fingerprint density at radius 1 is 1.75 bits per heavy atom. The van der Waals surface area contributed by atoms with Crippen molar-refractivity contribution in [1.82, 2.24) is 5.32 Å². The van der Waals surface area contributed by atoms with E-state index in [1.165, 1.54) is 0 Å². The smallest absolute Gasteiger partial charge is 0.220 e. The Hall–Kier alpha value is -0.220. The van der Waals surface area contributed by atoms with Crippen molar-refractivity contribution >= 4 is 17.7 Å². The van der Waals surface area contributed by atoms with E-state index in [2.05, 4.69) is 5.32 Å². The predicted molar refractivity (Wildman–Crippen MR) is 52.1 cm³/mol. The van der Waals surface area contributed by atoms with E-state index < -0.39 is 0 Å². The van der Waals surface area contributed by atoms with E-state index in [1.54, 1.807) is 0 Å². The fourth-order valence-corrected chi connectivity index (χ4v) is 2.40. The van der Waals surface area contributed by atoms with Crippen LogP contribution in [0.4, 0.5) is 0 Å². The lowest BCUT2D eigenvalue weighted by Gasteiger charge is -2.28. The van der Waals surface area contributed by atoms with Crippen molar-refractivity contribution in [1.29, 1.82) is 0 Å². The molecule has 0 spiro atoms. The highest BCUT2D eigenvalue weighted by Crippen LogP contribution is 2.16. The van der Waals surface area contributed by atoms with Crippen molar-refractivity contribution in [3.63, 3.8) is 0 Å². The van der Waals surface area contributed by atoms with Crippen molar-refractivity contribution < 1.29 is 4.79 Å². The molecule has 0 saturated carbocycles. The molecule has 4 heteroatoms. The highest BCUT2D eigenvalue weighted by atomic mass is 32.2. The molecule has 1 aliphatic rings. The highest BCUT2D eigenvalue weighted by molar-refractivity contribution is 7.99. The molecule has 3 nitrogen and oxygen atoms in total. The summed E-state index contributed by atoms with van der Waals surface area (Å²) >= 11 is 1.86. The summed E-state index contributed by atoms with van der Waals surface area (Å²) in [5.41, 5.74) is 5.85. The first kappa shape index (κ1) is 9.86. The number of nitrogens with two attached hydrogens (primary N) is 1. The largest absolute Gasteiger partial charge is 0.351 e. The third-order valence-electron chi connectivity index (χ3n) is 2.08. The monoisotopic (exact) mass is 188 g/mol. The van der Waals surface area contributed by atoms with Gasteiger partial charge in [0.15, 0.2) is 0 Å². The maximum atomic E-state index is 11.0. The van der Waals surface area contributed by atoms with Gasteiger partial charge in [-0.3, -0.25) is 4.79 Å². The fraction of sp³-hybridized carbons (Fsp3) is 0.875. The average molecular weight is 188 g/mol. The number of nitrogens with one attached hydrogen (secondary N) is 1. The van der Waals surface area contributed by atoms with Gasteiger partial charge in [0.2, 0.25) is 5.91 Å². The average Bonchev–Trinajstić information content (AvgIpc) is 2.09. The molecule has 0 bridgehead atoms. The summed E-state index contributed by atoms with van der Waals surface area (Å²) in [5, 5.41) is 2.93. The zero-order valence-corrected chi connectivity index (χ0v) is 8.19. The van der Waals surface area contributed by atoms with Crippen LogP contribution < -0.4 is 11.1 Å². The normalized spacial score (nSPS) is 29.8. The Balaban J connectivity index is 2.33. The first-order chi connectivity index (χ1) is 5.74. The van der Waals surface area contributed by atoms with Gasteiger partial charge >= 0.3 is 0 Å². The molecular formula is C8H16N2OS. The second kappa shape index (κ2) is 4.72. The molecule has 3 N–H and O–H groups in total. The predicted octanol–water partition coefficient (Wildman–Crippen LogP) is 0.345. The number of thioether (sulfide) groups is 1. The molecule has 1 fully saturated rings. The lowest BCUT2D eigenvalue weighted by Crippen LogP contribution is -2.51. The second-order valence-corrected chi connectivity index (χ2v) is 4.20. The van der Waals surface area contributed by atoms with Crippen LogP contribution in [-0.2, 0) is 4.79 Å². The molecule has 1 aliphatic heterocycles. The first-order valence-electron chi connectivity index (χ1n) is 4.36. The van der Waals surface area contributed by atoms with Crippen LogP contribution in [0.15, 0.2) is 0 Å². The summed E-state index contributed by atoms with van der Waals surface area (Å²) in [5.74, 6) is 2.20. The second-order valence-electron chi connectivity index (χ2n) is 3.06. The number of carbonyl (C=O) groups is 1. The molecule has 0 aromatic heterocycles. The minimum atomic E-state index is 0.109. The molecule has 1 heterocycles. The van der Waals surface area contributed by atoms with Gasteiger partial charge in [0.25, 0.3) is 0 Å². The van der Waals surface area contributed by atoms with Crippen LogP contribution in [0, 0.1) is 0 Å². The number of rotatable bonds is 2. The van der Waals surface area contributed by atoms with Crippen LogP contribution in [0.3, 0.4) is 0 Å². The molecule has 0 aromatic rings. The van der Waals surface area contributed by atoms with Gasteiger partial charge in [0.05, 0.1) is 6.04 Å². The Kier molecular flexibility index (Phi) is 3.88. The van der Waals surface area contributed by atoms with E-state index in [1.807, 2.05) is 18.7 Å². The van der Waals surface area contributed by atoms with Gasteiger partial charge in [-0.15, -0.1) is 0 Å². The Labute approximate surface area is 77.5 Å². The van der Waals surface area contributed by atoms with E-state index in [-0.39, 0.29) is 18.0 Å². The molecule has 0 aliphatic carbocycles. The Morgan fingerprint density at radius 3 is 3.08 bits per heavy atom. The van der Waals surface area contributed by atoms with E-state index in [9.17, 15) is 4.79 Å². The lowest BCUT2D eigenvalue weighted by molar-refractivity contribution is -0.121. The molecular weight excluding hydrogens is 172 g/mol. The van der Waals surface area contributed by atoms with Crippen LogP contribution in [0.1, 0.15) is 19.8 Å². The molecule has 1 rings (SSSR count). The SMILES string of the molecule is CCC(=O)NC1CSCCC1N. The highest BCUT2D eigenvalue weighted by Gasteiger charge is 2.22. The van der Waals surface area contributed by atoms with E-state index >= 15 is 0 Å². The standard InChI is InChI=1S/C8H16N2OS/c1-2-8(11)10-7-5-12-4-3-6(7)9/h6-7H,2-5,9H2,1H3,(H,10,11). The summed E-state index contributed by atoms with van der Waals surface area (Å²) in [4.78, 5) is 11.0. The summed E-state index contributed by atoms with van der Waals surface area (Å²) in [6.07, 6.45) is 1.56. The quantitative estimate of drug-likeness (QED) is 0.657. The molecule has 12 heavy (non-hydrogen) atoms. The minimum absolute atomic E-state index is 0.109. The van der Waals surface area contributed by atoms with Crippen LogP contribution in [0.2, 0.25) is 0 Å². The molecule has 2 atom stereocenters. The molecule has 0 radical (unpaired) electrons. The summed E-state index contributed by atoms with van der Waals surface area (Å²) in [6.45, 7) is 1.86. The van der Waals surface area contributed by atoms with Crippen molar-refractivity contribution in [2.45, 2.75) is 31.8 Å². The van der Waals surface area contributed by atoms with Crippen LogP contribution >= 0.6 is 11.8 Å². The summed E-state index contributed by atoms with van der Waals surface area (Å²) in [6, 6.07) is 0.345. The zero-order chi connectivity index (χ0) is 8.97. The van der Waals surface area contributed by atoms with Gasteiger partial charge < -0.3 is 11.1 Å². The zero-order valence-electron chi connectivity index (χ0n) is 7.38. The van der Waals surface area contributed by atoms with Crippen molar-refractivity contribution in [2.75, 3.05) is 11.5 Å². The van der Waals surface area contributed by atoms with Crippen LogP contribution in [-0.4, -0.2) is 29.5 Å². The molecule has 1 amide bonds. The maximum absolute atomic E-state index is 11.0. The number of amides is 1. The van der Waals surface area contributed by atoms with E-state index in [0.29, 0.717) is 6.42 Å². The lowest BCUT2D eigenvalue weighted by atomic mass is 10.1. The van der Waals surface area contributed by atoms with Gasteiger partial charge in [0, 0.05) is 18.2 Å². The van der Waals surface area contributed by atoms with Crippen molar-refractivity contribution in [2.24, 2.45) is 5.73 Å². The number of hydrogen-bond donors (Lipinski definition) is 2. The van der Waals surface area contributed by atoms with Crippen molar-refractivity contribution in [3.8, 4) is 0 Å². The van der Waals surface area contributed by atoms with Gasteiger partial charge in [0.1, 0.15) is 0 Å². The van der Waals surface area contributed by atoms with Gasteiger partial charge in [-0.2, -0.15) is 11.8 Å². The molecule has 0 aromatic carbocycles. The van der Waals surface area contributed by atoms with Gasteiger partial charge in [-0.05, 0) is 12.2 Å². The van der Waals surface area contributed by atoms with Crippen LogP contribution in [0.5, 0.6) is 0 Å². The Morgan fingerprint density at radius 2 is 2.50 bits per heavy atom. The van der Waals surface area contributed by atoms with E-state index in [0.717, 1.165) is 17.9 Å². The van der Waals surface area contributed by atoms with Crippen LogP contribution in [0.25, 0.3) is 0 Å². The minimum Gasteiger partial charge on any atom is -0.351 e. The van der Waals surface area contributed by atoms with Gasteiger partial charge in [-0.1, -0.05) is 6.92 Å².